The van der Waals surface area contributed by atoms with Crippen molar-refractivity contribution in [3.63, 3.8) is 0 Å². The van der Waals surface area contributed by atoms with Gasteiger partial charge < -0.3 is 15.1 Å². The van der Waals surface area contributed by atoms with Gasteiger partial charge in [0.05, 0.1) is 0 Å². The highest BCUT2D eigenvalue weighted by Gasteiger charge is 2.19. The fraction of sp³-hybridized carbons (Fsp3) is 0.611. The van der Waals surface area contributed by atoms with Crippen LogP contribution < -0.4 is 5.32 Å². The molecule has 1 N–H and O–H groups in total. The molecule has 0 bridgehead atoms. The highest BCUT2D eigenvalue weighted by atomic mass is 19.1. The van der Waals surface area contributed by atoms with Crippen LogP contribution in [0.5, 0.6) is 0 Å². The van der Waals surface area contributed by atoms with Crippen molar-refractivity contribution in [2.45, 2.75) is 19.5 Å². The summed E-state index contributed by atoms with van der Waals surface area (Å²) in [6.45, 7) is 8.19. The SMILES string of the molecule is CN=C(NCC(C)N1CCN(C)CC1)N(C)Cc1cccc(F)c1. The molecule has 0 radical (unpaired) electrons. The van der Waals surface area contributed by atoms with Gasteiger partial charge in [0.1, 0.15) is 5.82 Å². The Kier molecular flexibility index (Phi) is 6.99. The average Bonchev–Trinajstić information content (AvgIpc) is 2.56. The number of nitrogens with zero attached hydrogens (tertiary/aromatic N) is 4. The molecular formula is C18H30FN5. The largest absolute Gasteiger partial charge is 0.355 e. The number of nitrogens with one attached hydrogen (secondary N) is 1. The highest BCUT2D eigenvalue weighted by Crippen LogP contribution is 2.07. The Morgan fingerprint density at radius 3 is 2.67 bits per heavy atom. The van der Waals surface area contributed by atoms with Crippen LogP contribution in [0.2, 0.25) is 0 Å². The summed E-state index contributed by atoms with van der Waals surface area (Å²) in [6.07, 6.45) is 0. The second-order valence-corrected chi connectivity index (χ2v) is 6.60. The van der Waals surface area contributed by atoms with Gasteiger partial charge in [0.2, 0.25) is 0 Å². The molecule has 5 nitrogen and oxygen atoms in total. The van der Waals surface area contributed by atoms with E-state index in [0.717, 1.165) is 44.2 Å². The zero-order valence-corrected chi connectivity index (χ0v) is 15.3. The molecule has 134 valence electrons. The van der Waals surface area contributed by atoms with E-state index in [2.05, 4.69) is 34.1 Å². The van der Waals surface area contributed by atoms with E-state index in [1.807, 2.05) is 18.0 Å². The van der Waals surface area contributed by atoms with Gasteiger partial charge in [-0.25, -0.2) is 4.39 Å². The molecule has 6 heteroatoms. The number of likely N-dealkylation sites (N-methyl/N-ethyl adjacent to an activating group) is 1. The summed E-state index contributed by atoms with van der Waals surface area (Å²) in [5.41, 5.74) is 0.938. The second-order valence-electron chi connectivity index (χ2n) is 6.60. The van der Waals surface area contributed by atoms with E-state index in [4.69, 9.17) is 0 Å². The molecule has 1 aromatic carbocycles. The van der Waals surface area contributed by atoms with E-state index in [1.165, 1.54) is 6.07 Å². The van der Waals surface area contributed by atoms with Crippen LogP contribution >= 0.6 is 0 Å². The molecule has 0 aromatic heterocycles. The van der Waals surface area contributed by atoms with E-state index >= 15 is 0 Å². The first-order valence-corrected chi connectivity index (χ1v) is 8.58. The van der Waals surface area contributed by atoms with Crippen LogP contribution in [0.15, 0.2) is 29.3 Å². The highest BCUT2D eigenvalue weighted by molar-refractivity contribution is 5.79. The fourth-order valence-electron chi connectivity index (χ4n) is 3.00. The summed E-state index contributed by atoms with van der Waals surface area (Å²) in [7, 11) is 5.93. The number of benzene rings is 1. The summed E-state index contributed by atoms with van der Waals surface area (Å²) in [5.74, 6) is 0.632. The maximum atomic E-state index is 13.3. The predicted octanol–water partition coefficient (Wildman–Crippen LogP) is 1.47. The predicted molar refractivity (Wildman–Crippen MR) is 97.8 cm³/mol. The van der Waals surface area contributed by atoms with Crippen molar-refractivity contribution in [3.8, 4) is 0 Å². The minimum absolute atomic E-state index is 0.201. The molecule has 1 fully saturated rings. The van der Waals surface area contributed by atoms with Crippen LogP contribution in [-0.4, -0.2) is 80.6 Å². The Balaban J connectivity index is 1.83. The van der Waals surface area contributed by atoms with Crippen LogP contribution in [0.25, 0.3) is 0 Å². The Hall–Kier alpha value is -1.66. The summed E-state index contributed by atoms with van der Waals surface area (Å²) in [4.78, 5) is 11.2. The van der Waals surface area contributed by atoms with E-state index in [1.54, 1.807) is 19.2 Å². The van der Waals surface area contributed by atoms with Crippen molar-refractivity contribution in [2.75, 3.05) is 53.9 Å². The molecule has 1 aliphatic rings. The van der Waals surface area contributed by atoms with Gasteiger partial charge in [0.15, 0.2) is 5.96 Å². The van der Waals surface area contributed by atoms with Crippen LogP contribution in [-0.2, 0) is 6.54 Å². The lowest BCUT2D eigenvalue weighted by atomic mass is 10.2. The van der Waals surface area contributed by atoms with Crippen molar-refractivity contribution in [1.29, 1.82) is 0 Å². The molecule has 0 aliphatic carbocycles. The van der Waals surface area contributed by atoms with Crippen LogP contribution in [0.1, 0.15) is 12.5 Å². The zero-order chi connectivity index (χ0) is 17.5. The molecule has 0 amide bonds. The molecule has 1 heterocycles. The third kappa shape index (κ3) is 5.46. The number of hydrogen-bond donors (Lipinski definition) is 1. The van der Waals surface area contributed by atoms with Crippen LogP contribution in [0.4, 0.5) is 4.39 Å². The lowest BCUT2D eigenvalue weighted by Gasteiger charge is -2.37. The van der Waals surface area contributed by atoms with Crippen LogP contribution in [0.3, 0.4) is 0 Å². The number of aliphatic imine (C=N–C) groups is 1. The fourth-order valence-corrected chi connectivity index (χ4v) is 3.00. The van der Waals surface area contributed by atoms with Crippen molar-refractivity contribution in [2.24, 2.45) is 4.99 Å². The molecule has 1 aromatic rings. The topological polar surface area (TPSA) is 34.1 Å². The zero-order valence-electron chi connectivity index (χ0n) is 15.3. The third-order valence-corrected chi connectivity index (χ3v) is 4.60. The molecule has 1 saturated heterocycles. The Morgan fingerprint density at radius 1 is 1.33 bits per heavy atom. The minimum Gasteiger partial charge on any atom is -0.355 e. The van der Waals surface area contributed by atoms with Crippen molar-refractivity contribution in [3.05, 3.63) is 35.6 Å². The molecule has 0 saturated carbocycles. The van der Waals surface area contributed by atoms with Gasteiger partial charge in [-0.3, -0.25) is 9.89 Å². The van der Waals surface area contributed by atoms with Crippen molar-refractivity contribution < 1.29 is 4.39 Å². The molecule has 2 rings (SSSR count). The summed E-state index contributed by atoms with van der Waals surface area (Å²) >= 11 is 0. The third-order valence-electron chi connectivity index (χ3n) is 4.60. The number of guanidine groups is 1. The molecule has 1 unspecified atom stereocenters. The quantitative estimate of drug-likeness (QED) is 0.653. The molecule has 1 aliphatic heterocycles. The smallest absolute Gasteiger partial charge is 0.193 e. The molecule has 1 atom stereocenters. The van der Waals surface area contributed by atoms with Gasteiger partial charge in [0, 0.05) is 59.4 Å². The maximum absolute atomic E-state index is 13.3. The lowest BCUT2D eigenvalue weighted by Crippen LogP contribution is -2.52. The van der Waals surface area contributed by atoms with Gasteiger partial charge in [-0.1, -0.05) is 12.1 Å². The first kappa shape index (κ1) is 18.7. The summed E-state index contributed by atoms with van der Waals surface area (Å²) in [5, 5.41) is 3.44. The minimum atomic E-state index is -0.201. The van der Waals surface area contributed by atoms with Gasteiger partial charge in [-0.05, 0) is 31.7 Å². The number of hydrogen-bond acceptors (Lipinski definition) is 3. The molecule has 24 heavy (non-hydrogen) atoms. The summed E-state index contributed by atoms with van der Waals surface area (Å²) < 4.78 is 13.3. The van der Waals surface area contributed by atoms with Gasteiger partial charge in [-0.15, -0.1) is 0 Å². The monoisotopic (exact) mass is 335 g/mol. The first-order valence-electron chi connectivity index (χ1n) is 8.58. The summed E-state index contributed by atoms with van der Waals surface area (Å²) in [6, 6.07) is 7.16. The Morgan fingerprint density at radius 2 is 2.04 bits per heavy atom. The van der Waals surface area contributed by atoms with Crippen molar-refractivity contribution in [1.82, 2.24) is 20.0 Å². The molecule has 0 spiro atoms. The lowest BCUT2D eigenvalue weighted by molar-refractivity contribution is 0.119. The van der Waals surface area contributed by atoms with Gasteiger partial charge >= 0.3 is 0 Å². The number of halogens is 1. The number of rotatable bonds is 5. The first-order chi connectivity index (χ1) is 11.5. The van der Waals surface area contributed by atoms with Gasteiger partial charge in [-0.2, -0.15) is 0 Å². The van der Waals surface area contributed by atoms with Crippen molar-refractivity contribution >= 4 is 5.96 Å². The maximum Gasteiger partial charge on any atom is 0.193 e. The van der Waals surface area contributed by atoms with Crippen LogP contribution in [0, 0.1) is 5.82 Å². The van der Waals surface area contributed by atoms with Gasteiger partial charge in [0.25, 0.3) is 0 Å². The average molecular weight is 335 g/mol. The van der Waals surface area contributed by atoms with E-state index in [9.17, 15) is 4.39 Å². The normalized spacial score (nSPS) is 18.5. The van der Waals surface area contributed by atoms with E-state index in [0.29, 0.717) is 12.6 Å². The van der Waals surface area contributed by atoms with E-state index < -0.39 is 0 Å². The molecular weight excluding hydrogens is 305 g/mol. The standard InChI is InChI=1S/C18H30FN5/c1-15(24-10-8-22(3)9-11-24)13-21-18(20-2)23(4)14-16-6-5-7-17(19)12-16/h5-7,12,15H,8-11,13-14H2,1-4H3,(H,20,21). The second kappa shape index (κ2) is 8.99. The van der Waals surface area contributed by atoms with E-state index in [-0.39, 0.29) is 5.82 Å². The Bertz CT molecular complexity index is 540. The number of piperazine rings is 1. The Labute approximate surface area is 145 Å².